The zero-order valence-electron chi connectivity index (χ0n) is 11.7. The van der Waals surface area contributed by atoms with Crippen molar-refractivity contribution < 1.29 is 0 Å². The molecule has 20 heavy (non-hydrogen) atoms. The van der Waals surface area contributed by atoms with Crippen LogP contribution < -0.4 is 0 Å². The van der Waals surface area contributed by atoms with E-state index in [9.17, 15) is 0 Å². The van der Waals surface area contributed by atoms with E-state index < -0.39 is 0 Å². The highest BCUT2D eigenvalue weighted by atomic mass is 15.3. The lowest BCUT2D eigenvalue weighted by molar-refractivity contribution is 0.570. The van der Waals surface area contributed by atoms with Crippen LogP contribution in [0.5, 0.6) is 0 Å². The van der Waals surface area contributed by atoms with Gasteiger partial charge in [-0.2, -0.15) is 10.4 Å². The van der Waals surface area contributed by atoms with E-state index in [2.05, 4.69) is 18.1 Å². The van der Waals surface area contributed by atoms with Crippen LogP contribution in [0.3, 0.4) is 0 Å². The lowest BCUT2D eigenvalue weighted by atomic mass is 10.1. The molecule has 0 N–H and O–H groups in total. The van der Waals surface area contributed by atoms with Gasteiger partial charge >= 0.3 is 0 Å². The van der Waals surface area contributed by atoms with Crippen molar-refractivity contribution >= 4 is 0 Å². The van der Waals surface area contributed by atoms with Crippen molar-refractivity contribution in [2.75, 3.05) is 0 Å². The number of nitrogens with zero attached hydrogens (tertiary/aromatic N) is 4. The van der Waals surface area contributed by atoms with Crippen molar-refractivity contribution in [3.05, 3.63) is 35.7 Å². The van der Waals surface area contributed by atoms with Crippen molar-refractivity contribution in [2.24, 2.45) is 0 Å². The van der Waals surface area contributed by atoms with Gasteiger partial charge in [0, 0.05) is 18.0 Å². The molecule has 1 aliphatic rings. The average Bonchev–Trinajstić information content (AvgIpc) is 3.25. The maximum Gasteiger partial charge on any atom is 0.158 e. The van der Waals surface area contributed by atoms with E-state index in [1.54, 1.807) is 0 Å². The van der Waals surface area contributed by atoms with Crippen LogP contribution in [0.25, 0.3) is 11.4 Å². The predicted molar refractivity (Wildman–Crippen MR) is 77.1 cm³/mol. The zero-order chi connectivity index (χ0) is 13.9. The first-order chi connectivity index (χ1) is 9.81. The third-order valence-corrected chi connectivity index (χ3v) is 3.60. The van der Waals surface area contributed by atoms with Gasteiger partial charge < -0.3 is 0 Å². The minimum absolute atomic E-state index is 0.552. The summed E-state index contributed by atoms with van der Waals surface area (Å²) in [6, 6.07) is 9.80. The smallest absolute Gasteiger partial charge is 0.158 e. The van der Waals surface area contributed by atoms with Crippen LogP contribution in [0, 0.1) is 11.3 Å². The summed E-state index contributed by atoms with van der Waals surface area (Å²) in [7, 11) is 0. The number of aromatic nitrogens is 3. The molecular weight excluding hydrogens is 248 g/mol. The second kappa shape index (κ2) is 5.46. The Morgan fingerprint density at radius 1 is 1.40 bits per heavy atom. The predicted octanol–water partition coefficient (Wildman–Crippen LogP) is 3.49. The molecule has 4 nitrogen and oxygen atoms in total. The van der Waals surface area contributed by atoms with E-state index in [4.69, 9.17) is 10.2 Å². The molecule has 0 spiro atoms. The molecule has 102 valence electrons. The van der Waals surface area contributed by atoms with Gasteiger partial charge in [0.25, 0.3) is 0 Å². The van der Waals surface area contributed by atoms with E-state index in [1.807, 2.05) is 28.9 Å². The molecule has 0 saturated heterocycles. The molecule has 1 aliphatic carbocycles. The molecule has 1 fully saturated rings. The summed E-state index contributed by atoms with van der Waals surface area (Å²) in [5, 5.41) is 13.7. The maximum absolute atomic E-state index is 9.03. The normalized spacial score (nSPS) is 14.2. The summed E-state index contributed by atoms with van der Waals surface area (Å²) < 4.78 is 2.01. The van der Waals surface area contributed by atoms with Crippen LogP contribution in [-0.2, 0) is 6.54 Å². The highest BCUT2D eigenvalue weighted by Crippen LogP contribution is 2.39. The van der Waals surface area contributed by atoms with E-state index in [1.165, 1.54) is 12.8 Å². The third-order valence-electron chi connectivity index (χ3n) is 3.60. The molecule has 1 heterocycles. The number of hydrogen-bond donors (Lipinski definition) is 0. The van der Waals surface area contributed by atoms with Crippen molar-refractivity contribution in [1.29, 1.82) is 5.26 Å². The van der Waals surface area contributed by atoms with Crippen molar-refractivity contribution in [1.82, 2.24) is 14.8 Å². The van der Waals surface area contributed by atoms with E-state index in [-0.39, 0.29) is 0 Å². The molecule has 0 radical (unpaired) electrons. The van der Waals surface area contributed by atoms with Crippen molar-refractivity contribution in [2.45, 2.75) is 45.1 Å². The summed E-state index contributed by atoms with van der Waals surface area (Å²) in [6.45, 7) is 3.07. The largest absolute Gasteiger partial charge is 0.246 e. The summed E-state index contributed by atoms with van der Waals surface area (Å²) >= 11 is 0. The number of unbranched alkanes of at least 4 members (excludes halogenated alkanes) is 1. The molecule has 1 aromatic carbocycles. The lowest BCUT2D eigenvalue weighted by Crippen LogP contribution is -2.03. The fraction of sp³-hybridized carbons (Fsp3) is 0.438. The van der Waals surface area contributed by atoms with Crippen molar-refractivity contribution in [3.63, 3.8) is 0 Å². The molecule has 0 atom stereocenters. The van der Waals surface area contributed by atoms with Gasteiger partial charge in [-0.3, -0.25) is 0 Å². The average molecular weight is 266 g/mol. The molecular formula is C16H18N4. The molecule has 2 aromatic rings. The van der Waals surface area contributed by atoms with Gasteiger partial charge in [0.2, 0.25) is 0 Å². The summed E-state index contributed by atoms with van der Waals surface area (Å²) in [4.78, 5) is 4.71. The van der Waals surface area contributed by atoms with Crippen LogP contribution in [0.4, 0.5) is 0 Å². The highest BCUT2D eigenvalue weighted by molar-refractivity contribution is 5.58. The summed E-state index contributed by atoms with van der Waals surface area (Å²) in [6.07, 6.45) is 4.64. The number of benzene rings is 1. The number of nitriles is 1. The Labute approximate surface area is 119 Å². The standard InChI is InChI=1S/C16H18N4/c1-2-3-9-20-16(18-15(19-20)13-7-8-13)14-6-4-5-12(10-14)11-17/h4-6,10,13H,2-3,7-9H2,1H3. The first-order valence-corrected chi connectivity index (χ1v) is 7.27. The molecule has 1 saturated carbocycles. The first-order valence-electron chi connectivity index (χ1n) is 7.27. The molecule has 3 rings (SSSR count). The fourth-order valence-corrected chi connectivity index (χ4v) is 2.28. The van der Waals surface area contributed by atoms with E-state index in [0.717, 1.165) is 36.6 Å². The van der Waals surface area contributed by atoms with Gasteiger partial charge in [0.15, 0.2) is 11.6 Å². The minimum Gasteiger partial charge on any atom is -0.246 e. The van der Waals surface area contributed by atoms with Gasteiger partial charge in [0.1, 0.15) is 0 Å². The number of rotatable bonds is 5. The van der Waals surface area contributed by atoms with Crippen LogP contribution in [0.1, 0.15) is 49.9 Å². The van der Waals surface area contributed by atoms with Crippen LogP contribution >= 0.6 is 0 Å². The minimum atomic E-state index is 0.552. The topological polar surface area (TPSA) is 54.5 Å². The molecule has 4 heteroatoms. The van der Waals surface area contributed by atoms with Gasteiger partial charge in [-0.1, -0.05) is 25.5 Å². The Morgan fingerprint density at radius 2 is 2.25 bits per heavy atom. The monoisotopic (exact) mass is 266 g/mol. The van der Waals surface area contributed by atoms with Gasteiger partial charge in [-0.15, -0.1) is 0 Å². The molecule has 0 amide bonds. The Hall–Kier alpha value is -2.15. The highest BCUT2D eigenvalue weighted by Gasteiger charge is 2.29. The number of hydrogen-bond acceptors (Lipinski definition) is 3. The SMILES string of the molecule is CCCCn1nc(C2CC2)nc1-c1cccc(C#N)c1. The second-order valence-corrected chi connectivity index (χ2v) is 5.34. The summed E-state index contributed by atoms with van der Waals surface area (Å²) in [5.41, 5.74) is 1.65. The van der Waals surface area contributed by atoms with Gasteiger partial charge in [-0.25, -0.2) is 9.67 Å². The Kier molecular flexibility index (Phi) is 3.51. The van der Waals surface area contributed by atoms with Crippen LogP contribution in [0.15, 0.2) is 24.3 Å². The quantitative estimate of drug-likeness (QED) is 0.832. The fourth-order valence-electron chi connectivity index (χ4n) is 2.28. The number of aryl methyl sites for hydroxylation is 1. The molecule has 0 bridgehead atoms. The van der Waals surface area contributed by atoms with Crippen LogP contribution in [0.2, 0.25) is 0 Å². The molecule has 0 aliphatic heterocycles. The Bertz CT molecular complexity index is 647. The van der Waals surface area contributed by atoms with E-state index in [0.29, 0.717) is 11.5 Å². The Balaban J connectivity index is 1.99. The maximum atomic E-state index is 9.03. The second-order valence-electron chi connectivity index (χ2n) is 5.34. The first kappa shape index (κ1) is 12.9. The van der Waals surface area contributed by atoms with E-state index >= 15 is 0 Å². The molecule has 1 aromatic heterocycles. The van der Waals surface area contributed by atoms with Gasteiger partial charge in [0.05, 0.1) is 11.6 Å². The molecule has 0 unspecified atom stereocenters. The summed E-state index contributed by atoms with van der Waals surface area (Å²) in [5.74, 6) is 2.42. The van der Waals surface area contributed by atoms with Crippen LogP contribution in [-0.4, -0.2) is 14.8 Å². The lowest BCUT2D eigenvalue weighted by Gasteiger charge is -2.05. The third kappa shape index (κ3) is 2.57. The van der Waals surface area contributed by atoms with Crippen molar-refractivity contribution in [3.8, 4) is 17.5 Å². The van der Waals surface area contributed by atoms with Gasteiger partial charge in [-0.05, 0) is 31.4 Å². The zero-order valence-corrected chi connectivity index (χ0v) is 11.7. The Morgan fingerprint density at radius 3 is 2.95 bits per heavy atom.